The molecule has 1 atom stereocenters. The van der Waals surface area contributed by atoms with Gasteiger partial charge in [0.15, 0.2) is 0 Å². The third kappa shape index (κ3) is 4.73. The maximum Gasteiger partial charge on any atom is 0.343 e. The van der Waals surface area contributed by atoms with E-state index < -0.39 is 5.97 Å². The molecule has 24 heavy (non-hydrogen) atoms. The van der Waals surface area contributed by atoms with Crippen LogP contribution in [0, 0.1) is 6.92 Å². The van der Waals surface area contributed by atoms with Gasteiger partial charge in [0.2, 0.25) is 0 Å². The third-order valence-corrected chi connectivity index (χ3v) is 3.56. The van der Waals surface area contributed by atoms with Crippen molar-refractivity contribution < 1.29 is 23.7 Å². The lowest BCUT2D eigenvalue weighted by atomic mass is 10.2. The van der Waals surface area contributed by atoms with Crippen LogP contribution in [-0.4, -0.2) is 32.9 Å². The van der Waals surface area contributed by atoms with Crippen LogP contribution in [-0.2, 0) is 4.74 Å². The zero-order chi connectivity index (χ0) is 17.5. The highest BCUT2D eigenvalue weighted by Gasteiger charge is 2.11. The van der Waals surface area contributed by atoms with E-state index in [-0.39, 0.29) is 6.10 Å². The number of methoxy groups -OCH3 is 2. The predicted molar refractivity (Wildman–Crippen MR) is 91.1 cm³/mol. The Labute approximate surface area is 142 Å². The Balaban J connectivity index is 2.00. The fourth-order valence-electron chi connectivity index (χ4n) is 1.99. The molecule has 5 nitrogen and oxygen atoms in total. The fourth-order valence-corrected chi connectivity index (χ4v) is 1.99. The lowest BCUT2D eigenvalue weighted by molar-refractivity contribution is 0.0712. The average Bonchev–Trinajstić information content (AvgIpc) is 2.61. The molecule has 0 aliphatic carbocycles. The largest absolute Gasteiger partial charge is 0.497 e. The van der Waals surface area contributed by atoms with Gasteiger partial charge in [-0.05, 0) is 61.9 Å². The Kier molecular flexibility index (Phi) is 6.21. The lowest BCUT2D eigenvalue weighted by Gasteiger charge is -2.12. The molecule has 0 amide bonds. The number of carbonyl (C=O) groups is 1. The number of hydrogen-bond donors (Lipinski definition) is 0. The van der Waals surface area contributed by atoms with Gasteiger partial charge in [0.05, 0.1) is 18.8 Å². The molecule has 2 aromatic rings. The molecule has 0 radical (unpaired) electrons. The minimum Gasteiger partial charge on any atom is -0.497 e. The van der Waals surface area contributed by atoms with Gasteiger partial charge in [0.25, 0.3) is 0 Å². The lowest BCUT2D eigenvalue weighted by Crippen LogP contribution is -2.16. The van der Waals surface area contributed by atoms with Crippen molar-refractivity contribution >= 4 is 5.97 Å². The minimum absolute atomic E-state index is 0.00712. The molecule has 0 spiro atoms. The Hall–Kier alpha value is -2.53. The second kappa shape index (κ2) is 8.36. The fraction of sp³-hybridized carbons (Fsp3) is 0.316. The molecule has 128 valence electrons. The second-order valence-electron chi connectivity index (χ2n) is 5.40. The first-order chi connectivity index (χ1) is 11.5. The molecule has 0 fully saturated rings. The molecular formula is C19H22O5. The van der Waals surface area contributed by atoms with Gasteiger partial charge in [-0.15, -0.1) is 0 Å². The number of esters is 1. The number of benzene rings is 2. The maximum atomic E-state index is 12.2. The Morgan fingerprint density at radius 1 is 1.04 bits per heavy atom. The summed E-state index contributed by atoms with van der Waals surface area (Å²) in [6, 6.07) is 12.1. The molecule has 2 aromatic carbocycles. The zero-order valence-corrected chi connectivity index (χ0v) is 14.4. The summed E-state index contributed by atoms with van der Waals surface area (Å²) in [5.74, 6) is 1.49. The van der Waals surface area contributed by atoms with Crippen LogP contribution in [0.3, 0.4) is 0 Å². The summed E-state index contributed by atoms with van der Waals surface area (Å²) in [7, 11) is 3.23. The number of ether oxygens (including phenoxy) is 4. The summed E-state index contributed by atoms with van der Waals surface area (Å²) in [5.41, 5.74) is 1.29. The number of hydrogen-bond acceptors (Lipinski definition) is 5. The van der Waals surface area contributed by atoms with Crippen LogP contribution in [0.4, 0.5) is 0 Å². The van der Waals surface area contributed by atoms with Crippen molar-refractivity contribution in [2.75, 3.05) is 20.8 Å². The normalized spacial score (nSPS) is 11.7. The van der Waals surface area contributed by atoms with Crippen LogP contribution in [0.25, 0.3) is 0 Å². The van der Waals surface area contributed by atoms with Crippen molar-refractivity contribution in [3.8, 4) is 17.2 Å². The summed E-state index contributed by atoms with van der Waals surface area (Å²) >= 11 is 0. The molecule has 0 saturated heterocycles. The van der Waals surface area contributed by atoms with Crippen LogP contribution < -0.4 is 14.2 Å². The molecule has 0 N–H and O–H groups in total. The Bertz CT molecular complexity index is 679. The van der Waals surface area contributed by atoms with E-state index in [2.05, 4.69) is 0 Å². The first-order valence-corrected chi connectivity index (χ1v) is 7.66. The quantitative estimate of drug-likeness (QED) is 0.573. The van der Waals surface area contributed by atoms with E-state index in [1.807, 2.05) is 19.9 Å². The van der Waals surface area contributed by atoms with Crippen LogP contribution in [0.5, 0.6) is 17.2 Å². The smallest absolute Gasteiger partial charge is 0.343 e. The first kappa shape index (κ1) is 17.8. The first-order valence-electron chi connectivity index (χ1n) is 7.66. The number of rotatable bonds is 7. The topological polar surface area (TPSA) is 54.0 Å². The van der Waals surface area contributed by atoms with E-state index in [1.165, 1.54) is 0 Å². The van der Waals surface area contributed by atoms with E-state index in [1.54, 1.807) is 50.6 Å². The predicted octanol–water partition coefficient (Wildman–Crippen LogP) is 3.64. The van der Waals surface area contributed by atoms with Gasteiger partial charge in [-0.3, -0.25) is 0 Å². The molecule has 5 heteroatoms. The van der Waals surface area contributed by atoms with Crippen molar-refractivity contribution in [1.82, 2.24) is 0 Å². The minimum atomic E-state index is -0.417. The van der Waals surface area contributed by atoms with Crippen molar-refractivity contribution in [2.45, 2.75) is 20.0 Å². The highest BCUT2D eigenvalue weighted by Crippen LogP contribution is 2.24. The SMILES string of the molecule is COc1ccc(OC(=O)c2ccc(OCC(C)OC)cc2)c(C)c1. The van der Waals surface area contributed by atoms with Gasteiger partial charge in [0, 0.05) is 7.11 Å². The van der Waals surface area contributed by atoms with Gasteiger partial charge in [-0.1, -0.05) is 0 Å². The highest BCUT2D eigenvalue weighted by atomic mass is 16.5. The van der Waals surface area contributed by atoms with Crippen LogP contribution in [0.2, 0.25) is 0 Å². The second-order valence-corrected chi connectivity index (χ2v) is 5.40. The van der Waals surface area contributed by atoms with E-state index >= 15 is 0 Å². The Morgan fingerprint density at radius 3 is 2.29 bits per heavy atom. The molecule has 0 saturated carbocycles. The number of carbonyl (C=O) groups excluding carboxylic acids is 1. The monoisotopic (exact) mass is 330 g/mol. The molecule has 0 aromatic heterocycles. The molecule has 1 unspecified atom stereocenters. The molecule has 0 aliphatic rings. The molecule has 0 bridgehead atoms. The van der Waals surface area contributed by atoms with Crippen molar-refractivity contribution in [3.05, 3.63) is 53.6 Å². The van der Waals surface area contributed by atoms with Crippen LogP contribution in [0.15, 0.2) is 42.5 Å². The van der Waals surface area contributed by atoms with Crippen molar-refractivity contribution in [3.63, 3.8) is 0 Å². The summed E-state index contributed by atoms with van der Waals surface area (Å²) < 4.78 is 21.3. The van der Waals surface area contributed by atoms with Crippen molar-refractivity contribution in [1.29, 1.82) is 0 Å². The Morgan fingerprint density at radius 2 is 1.71 bits per heavy atom. The van der Waals surface area contributed by atoms with E-state index in [0.717, 1.165) is 11.3 Å². The summed E-state index contributed by atoms with van der Waals surface area (Å²) in [4.78, 5) is 12.2. The summed E-state index contributed by atoms with van der Waals surface area (Å²) in [5, 5.41) is 0. The van der Waals surface area contributed by atoms with Gasteiger partial charge >= 0.3 is 5.97 Å². The van der Waals surface area contributed by atoms with E-state index in [9.17, 15) is 4.79 Å². The summed E-state index contributed by atoms with van der Waals surface area (Å²) in [6.45, 7) is 4.23. The van der Waals surface area contributed by atoms with Crippen LogP contribution >= 0.6 is 0 Å². The van der Waals surface area contributed by atoms with Gasteiger partial charge in [0.1, 0.15) is 23.9 Å². The average molecular weight is 330 g/mol. The molecular weight excluding hydrogens is 308 g/mol. The van der Waals surface area contributed by atoms with Gasteiger partial charge in [-0.25, -0.2) is 4.79 Å². The van der Waals surface area contributed by atoms with Crippen LogP contribution in [0.1, 0.15) is 22.8 Å². The standard InChI is InChI=1S/C19H22O5/c1-13-11-17(22-4)9-10-18(13)24-19(20)15-5-7-16(8-6-15)23-12-14(2)21-3/h5-11,14H,12H2,1-4H3. The molecule has 2 rings (SSSR count). The van der Waals surface area contributed by atoms with E-state index in [4.69, 9.17) is 18.9 Å². The highest BCUT2D eigenvalue weighted by molar-refractivity contribution is 5.91. The molecule has 0 heterocycles. The third-order valence-electron chi connectivity index (χ3n) is 3.56. The van der Waals surface area contributed by atoms with Gasteiger partial charge < -0.3 is 18.9 Å². The van der Waals surface area contributed by atoms with Gasteiger partial charge in [-0.2, -0.15) is 0 Å². The maximum absolute atomic E-state index is 12.2. The zero-order valence-electron chi connectivity index (χ0n) is 14.4. The molecule has 0 aliphatic heterocycles. The summed E-state index contributed by atoms with van der Waals surface area (Å²) in [6.07, 6.45) is 0.00712. The van der Waals surface area contributed by atoms with E-state index in [0.29, 0.717) is 23.7 Å². The number of aryl methyl sites for hydroxylation is 1. The van der Waals surface area contributed by atoms with Crippen molar-refractivity contribution in [2.24, 2.45) is 0 Å².